The van der Waals surface area contributed by atoms with Crippen LogP contribution in [0.4, 0.5) is 11.4 Å². The fraction of sp³-hybridized carbons (Fsp3) is 0.231. The molecule has 0 radical (unpaired) electrons. The first-order valence-corrected chi connectivity index (χ1v) is 11.9. The van der Waals surface area contributed by atoms with E-state index in [0.717, 1.165) is 11.3 Å². The normalized spacial score (nSPS) is 15.2. The van der Waals surface area contributed by atoms with Crippen molar-refractivity contribution in [1.82, 2.24) is 0 Å². The Labute approximate surface area is 203 Å². The highest BCUT2D eigenvalue weighted by molar-refractivity contribution is 8.00. The van der Waals surface area contributed by atoms with Crippen molar-refractivity contribution in [3.05, 3.63) is 77.9 Å². The zero-order valence-corrected chi connectivity index (χ0v) is 20.1. The number of ether oxygens (including phenoxy) is 3. The van der Waals surface area contributed by atoms with E-state index in [1.54, 1.807) is 34.9 Å². The fourth-order valence-electron chi connectivity index (χ4n) is 3.78. The van der Waals surface area contributed by atoms with E-state index >= 15 is 0 Å². The molecule has 1 unspecified atom stereocenters. The molecular formula is C26H26N2O5S. The van der Waals surface area contributed by atoms with Gasteiger partial charge in [0, 0.05) is 17.3 Å². The van der Waals surface area contributed by atoms with Crippen molar-refractivity contribution in [3.8, 4) is 17.2 Å². The average Bonchev–Trinajstić information content (AvgIpc) is 3.25. The third-order valence-electron chi connectivity index (χ3n) is 5.34. The second kappa shape index (κ2) is 10.5. The number of nitrogens with one attached hydrogen (secondary N) is 1. The van der Waals surface area contributed by atoms with Crippen LogP contribution in [0.1, 0.15) is 28.2 Å². The van der Waals surface area contributed by atoms with Crippen molar-refractivity contribution in [2.24, 2.45) is 0 Å². The van der Waals surface area contributed by atoms with Gasteiger partial charge in [0.2, 0.25) is 5.91 Å². The maximum absolute atomic E-state index is 12.9. The third-order valence-corrected chi connectivity index (χ3v) is 6.55. The number of carbonyl (C=O) groups is 2. The number of amides is 2. The predicted molar refractivity (Wildman–Crippen MR) is 134 cm³/mol. The maximum Gasteiger partial charge on any atom is 0.255 e. The quantitative estimate of drug-likeness (QED) is 0.484. The summed E-state index contributed by atoms with van der Waals surface area (Å²) in [6, 6.07) is 20.1. The van der Waals surface area contributed by atoms with Crippen molar-refractivity contribution in [1.29, 1.82) is 0 Å². The zero-order valence-electron chi connectivity index (χ0n) is 19.2. The van der Waals surface area contributed by atoms with Crippen LogP contribution in [0.25, 0.3) is 0 Å². The van der Waals surface area contributed by atoms with E-state index in [-0.39, 0.29) is 17.2 Å². The molecule has 8 heteroatoms. The fourth-order valence-corrected chi connectivity index (χ4v) is 4.94. The van der Waals surface area contributed by atoms with Gasteiger partial charge in [-0.2, -0.15) is 0 Å². The Morgan fingerprint density at radius 2 is 1.76 bits per heavy atom. The number of carbonyl (C=O) groups excluding carboxylic acids is 2. The van der Waals surface area contributed by atoms with Gasteiger partial charge < -0.3 is 19.5 Å². The Bertz CT molecular complexity index is 1180. The molecule has 1 aliphatic heterocycles. The number of hydrogen-bond acceptors (Lipinski definition) is 6. The van der Waals surface area contributed by atoms with Gasteiger partial charge in [-0.25, -0.2) is 0 Å². The first-order valence-electron chi connectivity index (χ1n) is 10.8. The maximum atomic E-state index is 12.9. The lowest BCUT2D eigenvalue weighted by atomic mass is 10.1. The smallest absolute Gasteiger partial charge is 0.255 e. The van der Waals surface area contributed by atoms with E-state index in [0.29, 0.717) is 40.9 Å². The monoisotopic (exact) mass is 478 g/mol. The van der Waals surface area contributed by atoms with E-state index in [1.165, 1.54) is 14.2 Å². The largest absolute Gasteiger partial charge is 0.497 e. The minimum atomic E-state index is -0.289. The van der Waals surface area contributed by atoms with Gasteiger partial charge >= 0.3 is 0 Å². The summed E-state index contributed by atoms with van der Waals surface area (Å²) >= 11 is 1.54. The van der Waals surface area contributed by atoms with Crippen molar-refractivity contribution in [2.45, 2.75) is 12.3 Å². The topological polar surface area (TPSA) is 77.1 Å². The van der Waals surface area contributed by atoms with Crippen LogP contribution >= 0.6 is 11.8 Å². The lowest BCUT2D eigenvalue weighted by Gasteiger charge is -2.26. The van der Waals surface area contributed by atoms with Crippen LogP contribution in [0.5, 0.6) is 17.2 Å². The van der Waals surface area contributed by atoms with E-state index in [4.69, 9.17) is 14.2 Å². The lowest BCUT2D eigenvalue weighted by molar-refractivity contribution is -0.115. The van der Waals surface area contributed by atoms with Gasteiger partial charge in [0.15, 0.2) is 0 Å². The van der Waals surface area contributed by atoms with Crippen LogP contribution in [-0.2, 0) is 4.79 Å². The highest BCUT2D eigenvalue weighted by Crippen LogP contribution is 2.45. The molecule has 0 saturated carbocycles. The van der Waals surface area contributed by atoms with E-state index in [2.05, 4.69) is 5.32 Å². The molecule has 1 heterocycles. The van der Waals surface area contributed by atoms with Crippen LogP contribution in [0.2, 0.25) is 0 Å². The molecule has 1 saturated heterocycles. The molecule has 2 amide bonds. The molecule has 1 fully saturated rings. The van der Waals surface area contributed by atoms with Gasteiger partial charge in [-0.3, -0.25) is 14.5 Å². The minimum absolute atomic E-state index is 0.0140. The molecule has 3 aromatic rings. The summed E-state index contributed by atoms with van der Waals surface area (Å²) in [5.41, 5.74) is 2.69. The first kappa shape index (κ1) is 23.5. The highest BCUT2D eigenvalue weighted by atomic mass is 32.2. The van der Waals surface area contributed by atoms with Crippen LogP contribution in [0, 0.1) is 0 Å². The van der Waals surface area contributed by atoms with Crippen molar-refractivity contribution in [3.63, 3.8) is 0 Å². The van der Waals surface area contributed by atoms with Gasteiger partial charge in [0.05, 0.1) is 32.3 Å². The number of nitrogens with zero attached hydrogens (tertiary/aromatic N) is 1. The summed E-state index contributed by atoms with van der Waals surface area (Å²) in [6.45, 7) is 2.42. The predicted octanol–water partition coefficient (Wildman–Crippen LogP) is 5.13. The molecule has 176 valence electrons. The van der Waals surface area contributed by atoms with Crippen LogP contribution in [0.15, 0.2) is 66.7 Å². The van der Waals surface area contributed by atoms with Gasteiger partial charge in [0.25, 0.3) is 5.91 Å². The Hall–Kier alpha value is -3.65. The summed E-state index contributed by atoms with van der Waals surface area (Å²) in [6.07, 6.45) is 0. The van der Waals surface area contributed by atoms with Crippen LogP contribution in [-0.4, -0.2) is 38.4 Å². The standard InChI is InChI=1S/C26H26N2O5S/c1-4-33-23-11-6-5-10-22(23)28-24(29)16-34-26(28)17-8-7-9-19(12-17)27-25(30)18-13-20(31-2)15-21(14-18)32-3/h5-15,26H,4,16H2,1-3H3,(H,27,30). The molecule has 0 aliphatic carbocycles. The third kappa shape index (κ3) is 4.97. The number of para-hydroxylation sites is 2. The molecule has 34 heavy (non-hydrogen) atoms. The molecule has 4 rings (SSSR count). The molecule has 1 atom stereocenters. The van der Waals surface area contributed by atoms with Crippen molar-refractivity contribution in [2.75, 3.05) is 36.8 Å². The van der Waals surface area contributed by atoms with Gasteiger partial charge in [-0.1, -0.05) is 24.3 Å². The molecule has 3 aromatic carbocycles. The number of benzene rings is 3. The number of rotatable bonds is 8. The summed E-state index contributed by atoms with van der Waals surface area (Å²) in [5, 5.41) is 2.70. The summed E-state index contributed by atoms with van der Waals surface area (Å²) in [5.74, 6) is 1.82. The Morgan fingerprint density at radius 1 is 1.03 bits per heavy atom. The number of anilines is 2. The van der Waals surface area contributed by atoms with Gasteiger partial charge in [-0.15, -0.1) is 11.8 Å². The number of hydrogen-bond donors (Lipinski definition) is 1. The van der Waals surface area contributed by atoms with Crippen LogP contribution < -0.4 is 24.4 Å². The first-order chi connectivity index (χ1) is 16.5. The second-order valence-electron chi connectivity index (χ2n) is 7.51. The Balaban J connectivity index is 1.60. The van der Waals surface area contributed by atoms with E-state index in [1.807, 2.05) is 55.5 Å². The molecule has 0 aromatic heterocycles. The second-order valence-corrected chi connectivity index (χ2v) is 8.58. The summed E-state index contributed by atoms with van der Waals surface area (Å²) in [7, 11) is 3.08. The van der Waals surface area contributed by atoms with Crippen molar-refractivity contribution >= 4 is 35.0 Å². The molecule has 1 N–H and O–H groups in total. The molecule has 1 aliphatic rings. The lowest BCUT2D eigenvalue weighted by Crippen LogP contribution is -2.28. The summed E-state index contributed by atoms with van der Waals surface area (Å²) < 4.78 is 16.3. The average molecular weight is 479 g/mol. The van der Waals surface area contributed by atoms with Crippen molar-refractivity contribution < 1.29 is 23.8 Å². The molecule has 7 nitrogen and oxygen atoms in total. The summed E-state index contributed by atoms with van der Waals surface area (Å²) in [4.78, 5) is 27.5. The number of thioether (sulfide) groups is 1. The molecule has 0 bridgehead atoms. The van der Waals surface area contributed by atoms with E-state index in [9.17, 15) is 9.59 Å². The SMILES string of the molecule is CCOc1ccccc1N1C(=O)CSC1c1cccc(NC(=O)c2cc(OC)cc(OC)c2)c1. The molecular weight excluding hydrogens is 452 g/mol. The minimum Gasteiger partial charge on any atom is -0.497 e. The Morgan fingerprint density at radius 3 is 2.47 bits per heavy atom. The van der Waals surface area contributed by atoms with Gasteiger partial charge in [-0.05, 0) is 48.9 Å². The molecule has 0 spiro atoms. The van der Waals surface area contributed by atoms with E-state index < -0.39 is 0 Å². The van der Waals surface area contributed by atoms with Crippen LogP contribution in [0.3, 0.4) is 0 Å². The van der Waals surface area contributed by atoms with Gasteiger partial charge in [0.1, 0.15) is 22.6 Å². The Kier molecular flexibility index (Phi) is 7.27. The zero-order chi connectivity index (χ0) is 24.1. The highest BCUT2D eigenvalue weighted by Gasteiger charge is 2.35. The number of methoxy groups -OCH3 is 2.